The first-order valence-corrected chi connectivity index (χ1v) is 6.69. The summed E-state index contributed by atoms with van der Waals surface area (Å²) < 4.78 is 0. The van der Waals surface area contributed by atoms with Gasteiger partial charge in [0.2, 0.25) is 5.91 Å². The van der Waals surface area contributed by atoms with E-state index in [1.165, 1.54) is 0 Å². The molecule has 0 aliphatic carbocycles. The number of amides is 1. The van der Waals surface area contributed by atoms with Crippen LogP contribution in [0.25, 0.3) is 0 Å². The zero-order chi connectivity index (χ0) is 13.8. The number of nitrogens with zero attached hydrogens (tertiary/aromatic N) is 1. The highest BCUT2D eigenvalue weighted by Gasteiger charge is 2.22. The molecule has 2 rings (SSSR count). The van der Waals surface area contributed by atoms with Gasteiger partial charge in [-0.15, -0.1) is 0 Å². The van der Waals surface area contributed by atoms with E-state index in [-0.39, 0.29) is 17.9 Å². The van der Waals surface area contributed by atoms with Crippen LogP contribution in [-0.2, 0) is 11.2 Å². The molecular weight excluding hydrogens is 238 g/mol. The first-order chi connectivity index (χ1) is 9.19. The number of nitrogens with one attached hydrogen (secondary N) is 2. The Balaban J connectivity index is 2.30. The van der Waals surface area contributed by atoms with Gasteiger partial charge in [0.05, 0.1) is 12.0 Å². The second kappa shape index (κ2) is 5.85. The first-order valence-electron chi connectivity index (χ1n) is 6.69. The van der Waals surface area contributed by atoms with Crippen molar-refractivity contribution in [2.75, 3.05) is 12.4 Å². The number of aryl methyl sites for hydroxylation is 1. The van der Waals surface area contributed by atoms with E-state index in [4.69, 9.17) is 0 Å². The Morgan fingerprint density at radius 3 is 2.89 bits per heavy atom. The van der Waals surface area contributed by atoms with E-state index >= 15 is 0 Å². The summed E-state index contributed by atoms with van der Waals surface area (Å²) in [5.74, 6) is 0.0371. The Bertz CT molecular complexity index is 519. The molecule has 0 radical (unpaired) electrons. The summed E-state index contributed by atoms with van der Waals surface area (Å²) in [4.78, 5) is 11.3. The van der Waals surface area contributed by atoms with E-state index < -0.39 is 0 Å². The number of nitriles is 1. The third kappa shape index (κ3) is 2.77. The first kappa shape index (κ1) is 13.6. The maximum atomic E-state index is 11.3. The van der Waals surface area contributed by atoms with Crippen LogP contribution < -0.4 is 10.6 Å². The highest BCUT2D eigenvalue weighted by molar-refractivity contribution is 5.93. The van der Waals surface area contributed by atoms with Crippen molar-refractivity contribution in [2.24, 2.45) is 5.92 Å². The van der Waals surface area contributed by atoms with E-state index in [9.17, 15) is 10.1 Å². The minimum Gasteiger partial charge on any atom is -0.326 e. The SMILES string of the molecule is CCC(C#N)C(NC)c1ccc2c(c1)CCC(=O)N2. The predicted octanol–water partition coefficient (Wildman–Crippen LogP) is 2.38. The average Bonchev–Trinajstić information content (AvgIpc) is 2.44. The van der Waals surface area contributed by atoms with Crippen LogP contribution in [0.1, 0.15) is 36.9 Å². The molecule has 1 aliphatic rings. The Morgan fingerprint density at radius 2 is 2.26 bits per heavy atom. The Labute approximate surface area is 113 Å². The maximum Gasteiger partial charge on any atom is 0.224 e. The molecule has 1 aliphatic heterocycles. The van der Waals surface area contributed by atoms with Gasteiger partial charge in [-0.25, -0.2) is 0 Å². The molecule has 2 atom stereocenters. The maximum absolute atomic E-state index is 11.3. The lowest BCUT2D eigenvalue weighted by atomic mass is 9.89. The minimum atomic E-state index is -0.0405. The number of anilines is 1. The third-order valence-corrected chi connectivity index (χ3v) is 3.70. The fraction of sp³-hybridized carbons (Fsp3) is 0.467. The van der Waals surface area contributed by atoms with Gasteiger partial charge in [0.15, 0.2) is 0 Å². The van der Waals surface area contributed by atoms with E-state index in [1.54, 1.807) is 0 Å². The molecule has 100 valence electrons. The average molecular weight is 257 g/mol. The number of rotatable bonds is 4. The molecule has 0 bridgehead atoms. The largest absolute Gasteiger partial charge is 0.326 e. The summed E-state index contributed by atoms with van der Waals surface area (Å²) in [6, 6.07) is 8.44. The molecule has 2 unspecified atom stereocenters. The third-order valence-electron chi connectivity index (χ3n) is 3.70. The zero-order valence-corrected chi connectivity index (χ0v) is 11.4. The molecule has 0 fully saturated rings. The second-order valence-electron chi connectivity index (χ2n) is 4.87. The van der Waals surface area contributed by atoms with Gasteiger partial charge in [0, 0.05) is 18.2 Å². The summed E-state index contributed by atoms with van der Waals surface area (Å²) in [5, 5.41) is 15.3. The number of hydrogen-bond donors (Lipinski definition) is 2. The van der Waals surface area contributed by atoms with E-state index in [0.29, 0.717) is 6.42 Å². The summed E-state index contributed by atoms with van der Waals surface area (Å²) >= 11 is 0. The molecule has 1 amide bonds. The molecule has 1 aromatic rings. The molecule has 0 spiro atoms. The number of hydrogen-bond acceptors (Lipinski definition) is 3. The molecule has 0 aromatic heterocycles. The van der Waals surface area contributed by atoms with Crippen LogP contribution in [0.5, 0.6) is 0 Å². The number of carbonyl (C=O) groups excluding carboxylic acids is 1. The predicted molar refractivity (Wildman–Crippen MR) is 74.6 cm³/mol. The quantitative estimate of drug-likeness (QED) is 0.870. The van der Waals surface area contributed by atoms with Crippen LogP contribution in [-0.4, -0.2) is 13.0 Å². The van der Waals surface area contributed by atoms with Crippen molar-refractivity contribution in [1.82, 2.24) is 5.32 Å². The Morgan fingerprint density at radius 1 is 1.47 bits per heavy atom. The summed E-state index contributed by atoms with van der Waals surface area (Å²) in [6.45, 7) is 2.02. The molecule has 0 saturated carbocycles. The van der Waals surface area contributed by atoms with Crippen LogP contribution in [0.4, 0.5) is 5.69 Å². The monoisotopic (exact) mass is 257 g/mol. The van der Waals surface area contributed by atoms with E-state index in [1.807, 2.05) is 26.1 Å². The van der Waals surface area contributed by atoms with Gasteiger partial charge in [-0.1, -0.05) is 19.1 Å². The van der Waals surface area contributed by atoms with Gasteiger partial charge in [0.1, 0.15) is 0 Å². The molecule has 2 N–H and O–H groups in total. The summed E-state index contributed by atoms with van der Waals surface area (Å²) in [6.07, 6.45) is 2.13. The van der Waals surface area contributed by atoms with E-state index in [0.717, 1.165) is 29.7 Å². The fourth-order valence-corrected chi connectivity index (χ4v) is 2.60. The molecule has 4 heteroatoms. The van der Waals surface area contributed by atoms with Crippen molar-refractivity contribution in [2.45, 2.75) is 32.2 Å². The van der Waals surface area contributed by atoms with Crippen LogP contribution in [0.3, 0.4) is 0 Å². The highest BCUT2D eigenvalue weighted by atomic mass is 16.1. The Kier molecular flexibility index (Phi) is 4.18. The van der Waals surface area contributed by atoms with Gasteiger partial charge in [-0.3, -0.25) is 4.79 Å². The van der Waals surface area contributed by atoms with Crippen molar-refractivity contribution in [1.29, 1.82) is 5.26 Å². The van der Waals surface area contributed by atoms with Gasteiger partial charge in [-0.05, 0) is 37.1 Å². The van der Waals surface area contributed by atoms with Crippen LogP contribution in [0.15, 0.2) is 18.2 Å². The lowest BCUT2D eigenvalue weighted by Crippen LogP contribution is -2.25. The number of carbonyl (C=O) groups is 1. The zero-order valence-electron chi connectivity index (χ0n) is 11.4. The van der Waals surface area contributed by atoms with Gasteiger partial charge in [0.25, 0.3) is 0 Å². The van der Waals surface area contributed by atoms with Gasteiger partial charge < -0.3 is 10.6 Å². The van der Waals surface area contributed by atoms with Crippen LogP contribution in [0.2, 0.25) is 0 Å². The van der Waals surface area contributed by atoms with Gasteiger partial charge >= 0.3 is 0 Å². The van der Waals surface area contributed by atoms with E-state index in [2.05, 4.69) is 22.8 Å². The van der Waals surface area contributed by atoms with Crippen molar-refractivity contribution < 1.29 is 4.79 Å². The standard InChI is InChI=1S/C15H19N3O/c1-3-10(9-16)15(17-2)12-4-6-13-11(8-12)5-7-14(19)18-13/h4,6,8,10,15,17H,3,5,7H2,1-2H3,(H,18,19). The topological polar surface area (TPSA) is 64.9 Å². The molecule has 19 heavy (non-hydrogen) atoms. The molecule has 1 aromatic carbocycles. The Hall–Kier alpha value is -1.86. The van der Waals surface area contributed by atoms with Crippen molar-refractivity contribution in [3.63, 3.8) is 0 Å². The minimum absolute atomic E-state index is 0.0397. The molecular formula is C15H19N3O. The smallest absolute Gasteiger partial charge is 0.224 e. The molecule has 4 nitrogen and oxygen atoms in total. The summed E-state index contributed by atoms with van der Waals surface area (Å²) in [7, 11) is 1.88. The second-order valence-corrected chi connectivity index (χ2v) is 4.87. The molecule has 0 saturated heterocycles. The molecule has 1 heterocycles. The number of fused-ring (bicyclic) bond motifs is 1. The summed E-state index contributed by atoms with van der Waals surface area (Å²) in [5.41, 5.74) is 3.18. The normalized spacial score (nSPS) is 17.0. The number of benzene rings is 1. The van der Waals surface area contributed by atoms with Gasteiger partial charge in [-0.2, -0.15) is 5.26 Å². The van der Waals surface area contributed by atoms with Crippen LogP contribution in [0, 0.1) is 17.2 Å². The van der Waals surface area contributed by atoms with Crippen LogP contribution >= 0.6 is 0 Å². The van der Waals surface area contributed by atoms with Crippen molar-refractivity contribution in [3.05, 3.63) is 29.3 Å². The fourth-order valence-electron chi connectivity index (χ4n) is 2.60. The van der Waals surface area contributed by atoms with Crippen molar-refractivity contribution >= 4 is 11.6 Å². The highest BCUT2D eigenvalue weighted by Crippen LogP contribution is 2.29. The lowest BCUT2D eigenvalue weighted by molar-refractivity contribution is -0.116. The lowest BCUT2D eigenvalue weighted by Gasteiger charge is -2.24. The van der Waals surface area contributed by atoms with Crippen molar-refractivity contribution in [3.8, 4) is 6.07 Å².